The van der Waals surface area contributed by atoms with Crippen molar-refractivity contribution in [3.05, 3.63) is 68.9 Å². The lowest BCUT2D eigenvalue weighted by molar-refractivity contribution is -0.118. The Balaban J connectivity index is 1.62. The lowest BCUT2D eigenvalue weighted by atomic mass is 10.0. The summed E-state index contributed by atoms with van der Waals surface area (Å²) in [7, 11) is 0. The van der Waals surface area contributed by atoms with Gasteiger partial charge in [-0.1, -0.05) is 36.4 Å². The molecule has 25 heavy (non-hydrogen) atoms. The molecule has 2 heterocycles. The normalized spacial score (nSPS) is 13.4. The second kappa shape index (κ2) is 7.50. The molecule has 0 fully saturated rings. The zero-order chi connectivity index (χ0) is 17.1. The number of hydrogen-bond acceptors (Lipinski definition) is 4. The highest BCUT2D eigenvalue weighted by Crippen LogP contribution is 2.33. The zero-order valence-electron chi connectivity index (χ0n) is 14.0. The van der Waals surface area contributed by atoms with Gasteiger partial charge in [0.2, 0.25) is 5.91 Å². The van der Waals surface area contributed by atoms with Gasteiger partial charge in [0.15, 0.2) is 5.13 Å². The topological polar surface area (TPSA) is 33.2 Å². The number of fused-ring (bicyclic) bond motifs is 1. The molecule has 4 rings (SSSR count). The van der Waals surface area contributed by atoms with Crippen LogP contribution in [0.4, 0.5) is 5.13 Å². The van der Waals surface area contributed by atoms with Crippen molar-refractivity contribution in [2.45, 2.75) is 38.6 Å². The Bertz CT molecular complexity index is 816. The maximum absolute atomic E-state index is 13.0. The standard InChI is InChI=1S/C20H20N2OS2/c23-19(13-16-9-6-12-24-16)22(14-15-7-2-1-3-8-15)20-21-17-10-4-5-11-18(17)25-20/h1-3,6-9,12H,4-5,10-11,13-14H2. The predicted molar refractivity (Wildman–Crippen MR) is 104 cm³/mol. The first-order chi connectivity index (χ1) is 12.3. The molecule has 0 atom stereocenters. The first-order valence-corrected chi connectivity index (χ1v) is 10.3. The van der Waals surface area contributed by atoms with E-state index in [1.54, 1.807) is 22.7 Å². The van der Waals surface area contributed by atoms with E-state index in [9.17, 15) is 4.79 Å². The summed E-state index contributed by atoms with van der Waals surface area (Å²) < 4.78 is 0. The van der Waals surface area contributed by atoms with Gasteiger partial charge in [-0.15, -0.1) is 22.7 Å². The summed E-state index contributed by atoms with van der Waals surface area (Å²) in [6.07, 6.45) is 5.03. The SMILES string of the molecule is O=C(Cc1cccs1)N(Cc1ccccc1)c1nc2c(s1)CCCC2. The molecule has 5 heteroatoms. The Morgan fingerprint density at radius 1 is 1.08 bits per heavy atom. The van der Waals surface area contributed by atoms with Crippen molar-refractivity contribution < 1.29 is 4.79 Å². The minimum absolute atomic E-state index is 0.123. The van der Waals surface area contributed by atoms with Gasteiger partial charge in [0.1, 0.15) is 0 Å². The maximum atomic E-state index is 13.0. The third-order valence-electron chi connectivity index (χ3n) is 4.46. The number of benzene rings is 1. The van der Waals surface area contributed by atoms with Crippen LogP contribution in [0.5, 0.6) is 0 Å². The molecule has 0 spiro atoms. The number of amides is 1. The molecule has 0 unspecified atom stereocenters. The average Bonchev–Trinajstić information content (AvgIpc) is 3.29. The van der Waals surface area contributed by atoms with Crippen molar-refractivity contribution in [2.24, 2.45) is 0 Å². The largest absolute Gasteiger partial charge is 0.283 e. The van der Waals surface area contributed by atoms with E-state index in [0.29, 0.717) is 13.0 Å². The second-order valence-corrected chi connectivity index (χ2v) is 8.39. The minimum atomic E-state index is 0.123. The van der Waals surface area contributed by atoms with E-state index in [2.05, 4.69) is 12.1 Å². The van der Waals surface area contributed by atoms with Crippen molar-refractivity contribution in [3.8, 4) is 0 Å². The third-order valence-corrected chi connectivity index (χ3v) is 6.51. The van der Waals surface area contributed by atoms with Gasteiger partial charge in [0.25, 0.3) is 0 Å². The number of carbonyl (C=O) groups excluding carboxylic acids is 1. The summed E-state index contributed by atoms with van der Waals surface area (Å²) in [4.78, 5) is 22.2. The monoisotopic (exact) mass is 368 g/mol. The van der Waals surface area contributed by atoms with Crippen LogP contribution in [0.15, 0.2) is 47.8 Å². The van der Waals surface area contributed by atoms with Crippen LogP contribution >= 0.6 is 22.7 Å². The van der Waals surface area contributed by atoms with E-state index in [1.807, 2.05) is 40.6 Å². The van der Waals surface area contributed by atoms with Gasteiger partial charge in [0.05, 0.1) is 18.7 Å². The van der Waals surface area contributed by atoms with Crippen LogP contribution in [0, 0.1) is 0 Å². The highest BCUT2D eigenvalue weighted by molar-refractivity contribution is 7.16. The number of thiazole rings is 1. The number of aromatic nitrogens is 1. The molecule has 128 valence electrons. The number of nitrogens with zero attached hydrogens (tertiary/aromatic N) is 2. The van der Waals surface area contributed by atoms with E-state index in [4.69, 9.17) is 4.98 Å². The fraction of sp³-hybridized carbons (Fsp3) is 0.300. The summed E-state index contributed by atoms with van der Waals surface area (Å²) in [6, 6.07) is 14.2. The van der Waals surface area contributed by atoms with Gasteiger partial charge in [-0.3, -0.25) is 9.69 Å². The minimum Gasteiger partial charge on any atom is -0.283 e. The van der Waals surface area contributed by atoms with Crippen LogP contribution in [-0.4, -0.2) is 10.9 Å². The van der Waals surface area contributed by atoms with Crippen LogP contribution in [0.3, 0.4) is 0 Å². The lowest BCUT2D eigenvalue weighted by Crippen LogP contribution is -2.31. The number of aryl methyl sites for hydroxylation is 2. The van der Waals surface area contributed by atoms with E-state index < -0.39 is 0 Å². The molecular formula is C20H20N2OS2. The number of rotatable bonds is 5. The fourth-order valence-electron chi connectivity index (χ4n) is 3.14. The van der Waals surface area contributed by atoms with Gasteiger partial charge in [-0.25, -0.2) is 4.98 Å². The van der Waals surface area contributed by atoms with Gasteiger partial charge in [0, 0.05) is 9.75 Å². The molecule has 0 radical (unpaired) electrons. The molecule has 2 aromatic heterocycles. The van der Waals surface area contributed by atoms with Crippen molar-refractivity contribution in [3.63, 3.8) is 0 Å². The molecule has 3 aromatic rings. The first-order valence-electron chi connectivity index (χ1n) is 8.65. The lowest BCUT2D eigenvalue weighted by Gasteiger charge is -2.20. The Morgan fingerprint density at radius 2 is 1.92 bits per heavy atom. The smallest absolute Gasteiger partial charge is 0.234 e. The highest BCUT2D eigenvalue weighted by atomic mass is 32.1. The highest BCUT2D eigenvalue weighted by Gasteiger charge is 2.23. The van der Waals surface area contributed by atoms with Crippen LogP contribution in [0.25, 0.3) is 0 Å². The fourth-order valence-corrected chi connectivity index (χ4v) is 5.00. The van der Waals surface area contributed by atoms with Crippen LogP contribution in [0.1, 0.15) is 33.9 Å². The molecule has 1 aliphatic carbocycles. The van der Waals surface area contributed by atoms with Gasteiger partial charge >= 0.3 is 0 Å². The third kappa shape index (κ3) is 3.83. The maximum Gasteiger partial charge on any atom is 0.234 e. The summed E-state index contributed by atoms with van der Waals surface area (Å²) in [5.74, 6) is 0.123. The van der Waals surface area contributed by atoms with Gasteiger partial charge < -0.3 is 0 Å². The van der Waals surface area contributed by atoms with Gasteiger partial charge in [-0.2, -0.15) is 0 Å². The molecule has 0 aliphatic heterocycles. The molecule has 1 amide bonds. The summed E-state index contributed by atoms with van der Waals surface area (Å²) >= 11 is 3.33. The molecule has 0 bridgehead atoms. The van der Waals surface area contributed by atoms with E-state index >= 15 is 0 Å². The summed E-state index contributed by atoms with van der Waals surface area (Å²) in [5.41, 5.74) is 2.34. The average molecular weight is 369 g/mol. The summed E-state index contributed by atoms with van der Waals surface area (Å²) in [6.45, 7) is 0.581. The summed E-state index contributed by atoms with van der Waals surface area (Å²) in [5, 5.41) is 2.88. The Labute approximate surface area is 156 Å². The number of hydrogen-bond donors (Lipinski definition) is 0. The van der Waals surface area contributed by atoms with Crippen molar-refractivity contribution in [2.75, 3.05) is 4.90 Å². The Hall–Kier alpha value is -1.98. The molecule has 1 aliphatic rings. The van der Waals surface area contributed by atoms with Crippen molar-refractivity contribution >= 4 is 33.7 Å². The number of carbonyl (C=O) groups is 1. The Morgan fingerprint density at radius 3 is 2.68 bits per heavy atom. The van der Waals surface area contributed by atoms with E-state index in [0.717, 1.165) is 28.4 Å². The van der Waals surface area contributed by atoms with Gasteiger partial charge in [-0.05, 0) is 42.7 Å². The predicted octanol–water partition coefficient (Wildman–Crippen LogP) is 4.86. The number of thiophene rings is 1. The zero-order valence-corrected chi connectivity index (χ0v) is 15.6. The molecule has 3 nitrogen and oxygen atoms in total. The Kier molecular flexibility index (Phi) is 4.95. The van der Waals surface area contributed by atoms with Crippen LogP contribution in [-0.2, 0) is 30.6 Å². The molecule has 0 N–H and O–H groups in total. The van der Waals surface area contributed by atoms with E-state index in [-0.39, 0.29) is 5.91 Å². The second-order valence-electron chi connectivity index (χ2n) is 6.30. The van der Waals surface area contributed by atoms with Crippen LogP contribution < -0.4 is 4.90 Å². The molecule has 0 saturated heterocycles. The molecular weight excluding hydrogens is 348 g/mol. The first kappa shape index (κ1) is 16.5. The van der Waals surface area contributed by atoms with Crippen molar-refractivity contribution in [1.82, 2.24) is 4.98 Å². The molecule has 0 saturated carbocycles. The molecule has 1 aromatic carbocycles. The quantitative estimate of drug-likeness (QED) is 0.644. The van der Waals surface area contributed by atoms with Crippen LogP contribution in [0.2, 0.25) is 0 Å². The van der Waals surface area contributed by atoms with Crippen molar-refractivity contribution in [1.29, 1.82) is 0 Å². The number of anilines is 1. The van der Waals surface area contributed by atoms with E-state index in [1.165, 1.54) is 23.4 Å².